The minimum Gasteiger partial charge on any atom is -0.369 e. The van der Waals surface area contributed by atoms with E-state index in [4.69, 9.17) is 14.2 Å². The van der Waals surface area contributed by atoms with Gasteiger partial charge in [0.1, 0.15) is 11.9 Å². The van der Waals surface area contributed by atoms with Crippen LogP contribution in [0.2, 0.25) is 0 Å². The van der Waals surface area contributed by atoms with Crippen LogP contribution in [0.15, 0.2) is 53.2 Å². The van der Waals surface area contributed by atoms with Gasteiger partial charge in [-0.2, -0.15) is 0 Å². The van der Waals surface area contributed by atoms with Gasteiger partial charge in [0.05, 0.1) is 29.3 Å². The van der Waals surface area contributed by atoms with E-state index in [0.717, 1.165) is 48.0 Å². The quantitative estimate of drug-likeness (QED) is 0.561. The fourth-order valence-electron chi connectivity index (χ4n) is 4.10. The summed E-state index contributed by atoms with van der Waals surface area (Å²) in [6.45, 7) is 7.21. The lowest BCUT2D eigenvalue weighted by atomic mass is 10.1. The summed E-state index contributed by atoms with van der Waals surface area (Å²) in [5.74, 6) is 0.790. The molecule has 1 aliphatic rings. The van der Waals surface area contributed by atoms with Crippen molar-refractivity contribution in [1.29, 1.82) is 0 Å². The molecule has 0 radical (unpaired) electrons. The van der Waals surface area contributed by atoms with Crippen LogP contribution in [0, 0.1) is 13.8 Å². The molecule has 1 fully saturated rings. The minimum absolute atomic E-state index is 0.0432. The van der Waals surface area contributed by atoms with Crippen molar-refractivity contribution in [2.75, 3.05) is 19.7 Å². The summed E-state index contributed by atoms with van der Waals surface area (Å²) in [5.41, 5.74) is 6.15. The van der Waals surface area contributed by atoms with Crippen LogP contribution in [0.3, 0.4) is 0 Å². The molecule has 29 heavy (non-hydrogen) atoms. The highest BCUT2D eigenvalue weighted by molar-refractivity contribution is 5.79. The monoisotopic (exact) mass is 388 g/mol. The van der Waals surface area contributed by atoms with Gasteiger partial charge in [0.25, 0.3) is 0 Å². The Labute approximate surface area is 169 Å². The van der Waals surface area contributed by atoms with Gasteiger partial charge in [-0.1, -0.05) is 23.4 Å². The Morgan fingerprint density at radius 1 is 1.17 bits per heavy atom. The van der Waals surface area contributed by atoms with Gasteiger partial charge in [0.15, 0.2) is 0 Å². The van der Waals surface area contributed by atoms with Gasteiger partial charge < -0.3 is 14.2 Å². The Hall–Kier alpha value is -2.96. The van der Waals surface area contributed by atoms with Crippen molar-refractivity contribution in [3.05, 3.63) is 71.4 Å². The molecule has 0 amide bonds. The van der Waals surface area contributed by atoms with Crippen molar-refractivity contribution in [2.45, 2.75) is 26.5 Å². The Morgan fingerprint density at radius 3 is 2.97 bits per heavy atom. The zero-order valence-electron chi connectivity index (χ0n) is 16.7. The number of nitrogens with one attached hydrogen (secondary N) is 1. The largest absolute Gasteiger partial charge is 0.369 e. The van der Waals surface area contributed by atoms with Crippen LogP contribution in [0.5, 0.6) is 0 Å². The maximum Gasteiger partial charge on any atom is 0.143 e. The van der Waals surface area contributed by atoms with Crippen LogP contribution in [0.4, 0.5) is 0 Å². The van der Waals surface area contributed by atoms with Crippen molar-refractivity contribution in [2.24, 2.45) is 0 Å². The molecule has 5 rings (SSSR count). The molecule has 3 aromatic heterocycles. The molecule has 4 aromatic rings. The normalized spacial score (nSPS) is 17.8. The Morgan fingerprint density at radius 2 is 2.10 bits per heavy atom. The van der Waals surface area contributed by atoms with E-state index in [1.807, 2.05) is 38.2 Å². The van der Waals surface area contributed by atoms with E-state index in [-0.39, 0.29) is 6.10 Å². The molecule has 6 nitrogen and oxygen atoms in total. The third-order valence-corrected chi connectivity index (χ3v) is 5.57. The van der Waals surface area contributed by atoms with Crippen molar-refractivity contribution in [1.82, 2.24) is 20.0 Å². The predicted octanol–water partition coefficient (Wildman–Crippen LogP) is 4.41. The molecule has 148 valence electrons. The van der Waals surface area contributed by atoms with Gasteiger partial charge >= 0.3 is 0 Å². The highest BCUT2D eigenvalue weighted by atomic mass is 16.5. The summed E-state index contributed by atoms with van der Waals surface area (Å²) >= 11 is 0. The predicted molar refractivity (Wildman–Crippen MR) is 111 cm³/mol. The average Bonchev–Trinajstić information content (AvgIpc) is 3.34. The lowest BCUT2D eigenvalue weighted by molar-refractivity contribution is -0.0349. The number of benzene rings is 1. The van der Waals surface area contributed by atoms with Gasteiger partial charge in [-0.25, -0.2) is 4.98 Å². The summed E-state index contributed by atoms with van der Waals surface area (Å²) in [7, 11) is 0. The maximum absolute atomic E-state index is 6.07. The number of hydrogen-bond acceptors (Lipinski definition) is 5. The highest BCUT2D eigenvalue weighted by Crippen LogP contribution is 2.28. The van der Waals surface area contributed by atoms with Crippen molar-refractivity contribution in [3.8, 4) is 11.3 Å². The van der Waals surface area contributed by atoms with Crippen molar-refractivity contribution < 1.29 is 9.26 Å². The molecule has 0 bridgehead atoms. The van der Waals surface area contributed by atoms with Gasteiger partial charge in [0.2, 0.25) is 0 Å². The molecule has 0 saturated carbocycles. The van der Waals surface area contributed by atoms with Gasteiger partial charge in [-0.05, 0) is 49.1 Å². The molecule has 1 aliphatic heterocycles. The maximum atomic E-state index is 6.07. The zero-order valence-corrected chi connectivity index (χ0v) is 16.7. The number of aromatic nitrogens is 3. The molecule has 6 heteroatoms. The van der Waals surface area contributed by atoms with Crippen LogP contribution in [0.25, 0.3) is 22.2 Å². The number of hydrogen-bond donors (Lipinski definition) is 1. The van der Waals surface area contributed by atoms with Crippen molar-refractivity contribution >= 4 is 10.9 Å². The van der Waals surface area contributed by atoms with Gasteiger partial charge in [-0.3, -0.25) is 4.90 Å². The fraction of sp³-hybridized carbons (Fsp3) is 0.304. The average molecular weight is 388 g/mol. The first kappa shape index (κ1) is 18.1. The number of morpholine rings is 1. The summed E-state index contributed by atoms with van der Waals surface area (Å²) < 4.78 is 11.4. The number of aromatic amines is 1. The lowest BCUT2D eigenvalue weighted by Gasteiger charge is -2.32. The van der Waals surface area contributed by atoms with Crippen LogP contribution in [-0.2, 0) is 11.3 Å². The number of ether oxygens (including phenoxy) is 1. The molecule has 1 N–H and O–H groups in total. The molecule has 0 unspecified atom stereocenters. The number of pyridine rings is 1. The van der Waals surface area contributed by atoms with E-state index in [1.54, 1.807) is 0 Å². The van der Waals surface area contributed by atoms with Gasteiger partial charge in [-0.15, -0.1) is 0 Å². The number of H-pyrrole nitrogens is 1. The number of aryl methyl sites for hydroxylation is 2. The number of fused-ring (bicyclic) bond motifs is 1. The Kier molecular flexibility index (Phi) is 4.66. The van der Waals surface area contributed by atoms with Crippen LogP contribution in [-0.4, -0.2) is 39.7 Å². The molecular weight excluding hydrogens is 364 g/mol. The van der Waals surface area contributed by atoms with E-state index in [1.165, 1.54) is 16.5 Å². The molecule has 1 aromatic carbocycles. The van der Waals surface area contributed by atoms with E-state index < -0.39 is 0 Å². The molecule has 4 heterocycles. The van der Waals surface area contributed by atoms with Crippen LogP contribution in [0.1, 0.15) is 28.8 Å². The second-order valence-electron chi connectivity index (χ2n) is 7.64. The third-order valence-electron chi connectivity index (χ3n) is 5.57. The third kappa shape index (κ3) is 3.57. The molecule has 0 aliphatic carbocycles. The van der Waals surface area contributed by atoms with E-state index in [2.05, 4.69) is 39.3 Å². The van der Waals surface area contributed by atoms with E-state index in [9.17, 15) is 0 Å². The van der Waals surface area contributed by atoms with Crippen LogP contribution >= 0.6 is 0 Å². The molecule has 1 atom stereocenters. The Balaban J connectivity index is 1.35. The first-order valence-electron chi connectivity index (χ1n) is 9.97. The smallest absolute Gasteiger partial charge is 0.143 e. The summed E-state index contributed by atoms with van der Waals surface area (Å²) in [6.07, 6.45) is 1.94. The van der Waals surface area contributed by atoms with Gasteiger partial charge in [0, 0.05) is 31.3 Å². The highest BCUT2D eigenvalue weighted by Gasteiger charge is 2.24. The SMILES string of the molecule is Cc1noc(C)c1-c1cccc([C@@H]2CN(Cc3ccc4cc[nH]c4c3)CCO2)n1. The van der Waals surface area contributed by atoms with Crippen LogP contribution < -0.4 is 0 Å². The molecule has 0 spiro atoms. The zero-order chi connectivity index (χ0) is 19.8. The number of nitrogens with zero attached hydrogens (tertiary/aromatic N) is 3. The molecule has 1 saturated heterocycles. The first-order valence-corrected chi connectivity index (χ1v) is 9.97. The van der Waals surface area contributed by atoms with E-state index in [0.29, 0.717) is 6.61 Å². The second-order valence-corrected chi connectivity index (χ2v) is 7.64. The Bertz CT molecular complexity index is 1130. The topological polar surface area (TPSA) is 67.2 Å². The van der Waals surface area contributed by atoms with E-state index >= 15 is 0 Å². The fourth-order valence-corrected chi connectivity index (χ4v) is 4.10. The van der Waals surface area contributed by atoms with Crippen molar-refractivity contribution in [3.63, 3.8) is 0 Å². The molecular formula is C23H24N4O2. The standard InChI is InChI=1S/C23H24N4O2/c1-15-23(16(2)29-26-15)20-5-3-4-19(25-20)22-14-27(10-11-28-22)13-17-6-7-18-8-9-24-21(18)12-17/h3-9,12,22,24H,10-11,13-14H2,1-2H3/t22-/m0/s1. The summed E-state index contributed by atoms with van der Waals surface area (Å²) in [5, 5.41) is 5.30. The summed E-state index contributed by atoms with van der Waals surface area (Å²) in [6, 6.07) is 14.8. The minimum atomic E-state index is -0.0432. The summed E-state index contributed by atoms with van der Waals surface area (Å²) in [4.78, 5) is 10.6. The lowest BCUT2D eigenvalue weighted by Crippen LogP contribution is -2.38. The number of rotatable bonds is 4. The second kappa shape index (κ2) is 7.46. The first-order chi connectivity index (χ1) is 14.2.